The lowest BCUT2D eigenvalue weighted by atomic mass is 10.0. The highest BCUT2D eigenvalue weighted by atomic mass is 16.3. The molecule has 1 aromatic carbocycles. The van der Waals surface area contributed by atoms with E-state index in [9.17, 15) is 0 Å². The van der Waals surface area contributed by atoms with Gasteiger partial charge in [-0.2, -0.15) is 0 Å². The van der Waals surface area contributed by atoms with Crippen molar-refractivity contribution < 1.29 is 4.42 Å². The average Bonchev–Trinajstić information content (AvgIpc) is 2.68. The van der Waals surface area contributed by atoms with Gasteiger partial charge in [-0.3, -0.25) is 4.90 Å². The molecule has 0 fully saturated rings. The lowest BCUT2D eigenvalue weighted by Gasteiger charge is -2.25. The first-order valence-electron chi connectivity index (χ1n) is 5.80. The van der Waals surface area contributed by atoms with Crippen molar-refractivity contribution >= 4 is 11.0 Å². The molecule has 1 aliphatic heterocycles. The predicted octanol–water partition coefficient (Wildman–Crippen LogP) is 1.75. The van der Waals surface area contributed by atoms with Crippen molar-refractivity contribution in [3.8, 4) is 0 Å². The summed E-state index contributed by atoms with van der Waals surface area (Å²) in [4.78, 5) is 2.39. The summed E-state index contributed by atoms with van der Waals surface area (Å²) in [7, 11) is 0. The first kappa shape index (κ1) is 9.87. The average molecular weight is 216 g/mol. The summed E-state index contributed by atoms with van der Waals surface area (Å²) in [5.41, 5.74) is 7.97. The Balaban J connectivity index is 2.01. The Morgan fingerprint density at radius 1 is 1.31 bits per heavy atom. The lowest BCUT2D eigenvalue weighted by molar-refractivity contribution is 0.250. The molecule has 0 bridgehead atoms. The minimum Gasteiger partial charge on any atom is -0.461 e. The number of hydrogen-bond acceptors (Lipinski definition) is 3. The largest absolute Gasteiger partial charge is 0.461 e. The maximum atomic E-state index is 5.86. The third kappa shape index (κ3) is 1.52. The van der Waals surface area contributed by atoms with E-state index in [2.05, 4.69) is 17.0 Å². The molecule has 0 aliphatic carbocycles. The maximum Gasteiger partial charge on any atom is 0.134 e. The van der Waals surface area contributed by atoms with E-state index in [0.717, 1.165) is 43.9 Å². The number of nitrogens with zero attached hydrogens (tertiary/aromatic N) is 1. The summed E-state index contributed by atoms with van der Waals surface area (Å²) in [5, 5.41) is 1.26. The van der Waals surface area contributed by atoms with E-state index in [-0.39, 0.29) is 0 Å². The fraction of sp³-hybridized carbons (Fsp3) is 0.385. The van der Waals surface area contributed by atoms with Gasteiger partial charge in [0, 0.05) is 43.5 Å². The van der Waals surface area contributed by atoms with Crippen LogP contribution in [0, 0.1) is 0 Å². The Morgan fingerprint density at radius 3 is 3.06 bits per heavy atom. The van der Waals surface area contributed by atoms with Crippen LogP contribution < -0.4 is 5.73 Å². The molecule has 1 aromatic heterocycles. The summed E-state index contributed by atoms with van der Waals surface area (Å²) < 4.78 is 5.86. The van der Waals surface area contributed by atoms with Crippen molar-refractivity contribution in [3.63, 3.8) is 0 Å². The van der Waals surface area contributed by atoms with Crippen LogP contribution in [-0.4, -0.2) is 24.5 Å². The fourth-order valence-corrected chi connectivity index (χ4v) is 2.46. The zero-order chi connectivity index (χ0) is 11.0. The number of nitrogens with two attached hydrogens (primary N) is 1. The highest BCUT2D eigenvalue weighted by Crippen LogP contribution is 2.30. The van der Waals surface area contributed by atoms with Crippen LogP contribution >= 0.6 is 0 Å². The molecule has 84 valence electrons. The first-order valence-corrected chi connectivity index (χ1v) is 5.80. The van der Waals surface area contributed by atoms with Crippen LogP contribution in [0.15, 0.2) is 28.7 Å². The number of fused-ring (bicyclic) bond motifs is 3. The Morgan fingerprint density at radius 2 is 2.19 bits per heavy atom. The molecule has 3 rings (SSSR count). The van der Waals surface area contributed by atoms with Gasteiger partial charge < -0.3 is 10.2 Å². The third-order valence-electron chi connectivity index (χ3n) is 3.26. The van der Waals surface area contributed by atoms with E-state index < -0.39 is 0 Å². The summed E-state index contributed by atoms with van der Waals surface area (Å²) >= 11 is 0. The van der Waals surface area contributed by atoms with Gasteiger partial charge in [0.1, 0.15) is 11.3 Å². The molecule has 0 amide bonds. The zero-order valence-corrected chi connectivity index (χ0v) is 9.28. The van der Waals surface area contributed by atoms with Crippen LogP contribution in [0.5, 0.6) is 0 Å². The Labute approximate surface area is 94.8 Å². The second kappa shape index (κ2) is 3.92. The van der Waals surface area contributed by atoms with Gasteiger partial charge in [-0.05, 0) is 6.07 Å². The smallest absolute Gasteiger partial charge is 0.134 e. The number of rotatable bonds is 2. The van der Waals surface area contributed by atoms with E-state index in [0.29, 0.717) is 0 Å². The summed E-state index contributed by atoms with van der Waals surface area (Å²) in [6.07, 6.45) is 1.00. The van der Waals surface area contributed by atoms with Gasteiger partial charge in [-0.15, -0.1) is 0 Å². The van der Waals surface area contributed by atoms with Crippen LogP contribution in [0.25, 0.3) is 11.0 Å². The van der Waals surface area contributed by atoms with Crippen LogP contribution in [0.3, 0.4) is 0 Å². The minimum atomic E-state index is 0.727. The summed E-state index contributed by atoms with van der Waals surface area (Å²) in [6, 6.07) is 8.28. The van der Waals surface area contributed by atoms with Crippen molar-refractivity contribution in [2.75, 3.05) is 19.6 Å². The molecule has 3 heteroatoms. The molecule has 2 heterocycles. The van der Waals surface area contributed by atoms with Crippen LogP contribution in [0.4, 0.5) is 0 Å². The minimum absolute atomic E-state index is 0.727. The number of hydrogen-bond donors (Lipinski definition) is 1. The molecule has 3 nitrogen and oxygen atoms in total. The zero-order valence-electron chi connectivity index (χ0n) is 9.28. The molecular weight excluding hydrogens is 200 g/mol. The van der Waals surface area contributed by atoms with Gasteiger partial charge in [-0.25, -0.2) is 0 Å². The Kier molecular flexibility index (Phi) is 2.42. The molecule has 2 N–H and O–H groups in total. The number of para-hydroxylation sites is 1. The first-order chi connectivity index (χ1) is 7.88. The summed E-state index contributed by atoms with van der Waals surface area (Å²) in [6.45, 7) is 3.73. The molecule has 0 saturated heterocycles. The quantitative estimate of drug-likeness (QED) is 0.831. The van der Waals surface area contributed by atoms with Gasteiger partial charge >= 0.3 is 0 Å². The van der Waals surface area contributed by atoms with Crippen molar-refractivity contribution in [1.29, 1.82) is 0 Å². The van der Waals surface area contributed by atoms with Gasteiger partial charge in [-0.1, -0.05) is 18.2 Å². The van der Waals surface area contributed by atoms with Gasteiger partial charge in [0.15, 0.2) is 0 Å². The van der Waals surface area contributed by atoms with E-state index >= 15 is 0 Å². The van der Waals surface area contributed by atoms with Crippen LogP contribution in [0.1, 0.15) is 11.3 Å². The number of benzene rings is 1. The second-order valence-electron chi connectivity index (χ2n) is 4.31. The van der Waals surface area contributed by atoms with Crippen molar-refractivity contribution in [1.82, 2.24) is 4.90 Å². The molecule has 1 aliphatic rings. The molecule has 0 radical (unpaired) electrons. The molecule has 0 atom stereocenters. The molecule has 0 spiro atoms. The van der Waals surface area contributed by atoms with Crippen molar-refractivity contribution in [2.24, 2.45) is 5.73 Å². The van der Waals surface area contributed by atoms with Crippen molar-refractivity contribution in [3.05, 3.63) is 35.6 Å². The fourth-order valence-electron chi connectivity index (χ4n) is 2.46. The van der Waals surface area contributed by atoms with Gasteiger partial charge in [0.05, 0.1) is 0 Å². The van der Waals surface area contributed by atoms with Crippen molar-refractivity contribution in [2.45, 2.75) is 13.0 Å². The van der Waals surface area contributed by atoms with Crippen LogP contribution in [0.2, 0.25) is 0 Å². The SMILES string of the molecule is NCCN1CCc2oc3ccccc3c2C1. The van der Waals surface area contributed by atoms with E-state index in [4.69, 9.17) is 10.2 Å². The molecule has 16 heavy (non-hydrogen) atoms. The lowest BCUT2D eigenvalue weighted by Crippen LogP contribution is -2.34. The maximum absolute atomic E-state index is 5.86. The van der Waals surface area contributed by atoms with Gasteiger partial charge in [0.2, 0.25) is 0 Å². The summed E-state index contributed by atoms with van der Waals surface area (Å²) in [5.74, 6) is 1.16. The van der Waals surface area contributed by atoms with Crippen LogP contribution in [-0.2, 0) is 13.0 Å². The molecule has 0 saturated carbocycles. The number of furan rings is 1. The standard InChI is InChI=1S/C13H16N2O/c14-6-8-15-7-5-13-11(9-15)10-3-1-2-4-12(10)16-13/h1-4H,5-9,14H2. The van der Waals surface area contributed by atoms with E-state index in [1.807, 2.05) is 12.1 Å². The van der Waals surface area contributed by atoms with E-state index in [1.54, 1.807) is 0 Å². The molecule has 0 unspecified atom stereocenters. The Bertz CT molecular complexity index is 504. The topological polar surface area (TPSA) is 42.4 Å². The second-order valence-corrected chi connectivity index (χ2v) is 4.31. The van der Waals surface area contributed by atoms with Gasteiger partial charge in [0.25, 0.3) is 0 Å². The molecule has 2 aromatic rings. The van der Waals surface area contributed by atoms with E-state index in [1.165, 1.54) is 10.9 Å². The third-order valence-corrected chi connectivity index (χ3v) is 3.26. The predicted molar refractivity (Wildman–Crippen MR) is 64.2 cm³/mol. The Hall–Kier alpha value is -1.32. The highest BCUT2D eigenvalue weighted by Gasteiger charge is 2.21. The highest BCUT2D eigenvalue weighted by molar-refractivity contribution is 5.82. The monoisotopic (exact) mass is 216 g/mol. The molecular formula is C13H16N2O. The normalized spacial score (nSPS) is 16.6.